The van der Waals surface area contributed by atoms with Gasteiger partial charge in [-0.05, 0) is 18.2 Å². The van der Waals surface area contributed by atoms with Gasteiger partial charge in [0.25, 0.3) is 0 Å². The minimum absolute atomic E-state index is 0.395. The maximum absolute atomic E-state index is 11.9. The number of furan rings is 1. The van der Waals surface area contributed by atoms with Crippen LogP contribution in [0.15, 0.2) is 57.4 Å². The van der Waals surface area contributed by atoms with Gasteiger partial charge in [-0.15, -0.1) is 11.8 Å². The Morgan fingerprint density at radius 3 is 2.72 bits per heavy atom. The zero-order valence-corrected chi connectivity index (χ0v) is 11.0. The molecule has 0 bridgehead atoms. The Morgan fingerprint density at radius 1 is 1.11 bits per heavy atom. The fourth-order valence-corrected chi connectivity index (χ4v) is 4.64. The van der Waals surface area contributed by atoms with Crippen LogP contribution in [0.25, 0.3) is 4.91 Å². The first kappa shape index (κ1) is 11.6. The second kappa shape index (κ2) is 4.33. The fourth-order valence-electron chi connectivity index (χ4n) is 1.84. The Balaban J connectivity index is 1.90. The van der Waals surface area contributed by atoms with Crippen molar-refractivity contribution in [2.45, 2.75) is 10.6 Å². The Bertz CT molecular complexity index is 698. The van der Waals surface area contributed by atoms with Gasteiger partial charge >= 0.3 is 0 Å². The molecular formula is C13H10O3S2. The van der Waals surface area contributed by atoms with Crippen LogP contribution in [0, 0.1) is 0 Å². The number of hydrogen-bond acceptors (Lipinski definition) is 4. The van der Waals surface area contributed by atoms with E-state index in [0.717, 1.165) is 16.2 Å². The summed E-state index contributed by atoms with van der Waals surface area (Å²) in [7, 11) is -3.26. The summed E-state index contributed by atoms with van der Waals surface area (Å²) in [5.41, 5.74) is 0.786. The van der Waals surface area contributed by atoms with E-state index in [0.29, 0.717) is 10.6 Å². The summed E-state index contributed by atoms with van der Waals surface area (Å²) >= 11 is 1.47. The smallest absolute Gasteiger partial charge is 0.201 e. The zero-order valence-electron chi connectivity index (χ0n) is 9.37. The van der Waals surface area contributed by atoms with Gasteiger partial charge in [0, 0.05) is 15.9 Å². The zero-order chi connectivity index (χ0) is 12.6. The lowest BCUT2D eigenvalue weighted by atomic mass is 10.2. The highest BCUT2D eigenvalue weighted by Gasteiger charge is 2.26. The van der Waals surface area contributed by atoms with Gasteiger partial charge in [-0.25, -0.2) is 8.42 Å². The third-order valence-electron chi connectivity index (χ3n) is 2.67. The number of benzene rings is 1. The summed E-state index contributed by atoms with van der Waals surface area (Å²) in [4.78, 5) is 1.17. The van der Waals surface area contributed by atoms with E-state index in [1.165, 1.54) is 17.2 Å². The maximum atomic E-state index is 11.9. The molecule has 0 N–H and O–H groups in total. The van der Waals surface area contributed by atoms with E-state index in [4.69, 9.17) is 4.42 Å². The molecule has 0 atom stereocenters. The molecule has 0 spiro atoms. The highest BCUT2D eigenvalue weighted by molar-refractivity contribution is 8.09. The Labute approximate surface area is 109 Å². The molecule has 0 saturated carbocycles. The van der Waals surface area contributed by atoms with Crippen molar-refractivity contribution in [3.05, 3.63) is 59.4 Å². The number of rotatable bonds is 3. The normalized spacial score (nSPS) is 16.3. The molecular weight excluding hydrogens is 268 g/mol. The van der Waals surface area contributed by atoms with Crippen LogP contribution in [-0.4, -0.2) is 8.42 Å². The average Bonchev–Trinajstić information content (AvgIpc) is 2.95. The highest BCUT2D eigenvalue weighted by Crippen LogP contribution is 2.40. The van der Waals surface area contributed by atoms with Crippen LogP contribution in [0.5, 0.6) is 0 Å². The third kappa shape index (κ3) is 2.00. The Morgan fingerprint density at radius 2 is 1.94 bits per heavy atom. The lowest BCUT2D eigenvalue weighted by Crippen LogP contribution is -1.91. The van der Waals surface area contributed by atoms with Gasteiger partial charge in [-0.3, -0.25) is 0 Å². The lowest BCUT2D eigenvalue weighted by molar-refractivity contribution is 0.530. The molecule has 2 heterocycles. The van der Waals surface area contributed by atoms with E-state index in [2.05, 4.69) is 0 Å². The van der Waals surface area contributed by atoms with Crippen molar-refractivity contribution in [1.82, 2.24) is 0 Å². The first-order valence-electron chi connectivity index (χ1n) is 5.38. The van der Waals surface area contributed by atoms with Crippen molar-refractivity contribution in [2.24, 2.45) is 0 Å². The minimum atomic E-state index is -3.26. The van der Waals surface area contributed by atoms with Crippen LogP contribution >= 0.6 is 11.8 Å². The van der Waals surface area contributed by atoms with E-state index in [9.17, 15) is 8.42 Å². The number of fused-ring (bicyclic) bond motifs is 1. The SMILES string of the molecule is O=S1(=O)C=C(SCc2ccco2)c2ccccc21. The highest BCUT2D eigenvalue weighted by atomic mass is 32.2. The monoisotopic (exact) mass is 278 g/mol. The average molecular weight is 278 g/mol. The summed E-state index contributed by atoms with van der Waals surface area (Å²) < 4.78 is 29.1. The summed E-state index contributed by atoms with van der Waals surface area (Å²) in [6, 6.07) is 10.8. The van der Waals surface area contributed by atoms with Crippen molar-refractivity contribution in [1.29, 1.82) is 0 Å². The van der Waals surface area contributed by atoms with Crippen molar-refractivity contribution in [2.75, 3.05) is 0 Å². The second-order valence-corrected chi connectivity index (χ2v) is 6.67. The Hall–Kier alpha value is -1.46. The van der Waals surface area contributed by atoms with Crippen molar-refractivity contribution in [3.8, 4) is 0 Å². The molecule has 0 fully saturated rings. The second-order valence-electron chi connectivity index (χ2n) is 3.89. The predicted octanol–water partition coefficient (Wildman–Crippen LogP) is 3.30. The molecule has 2 aromatic rings. The van der Waals surface area contributed by atoms with E-state index >= 15 is 0 Å². The summed E-state index contributed by atoms with van der Waals surface area (Å²) in [6.07, 6.45) is 1.61. The first-order valence-corrected chi connectivity index (χ1v) is 7.91. The molecule has 0 unspecified atom stereocenters. The van der Waals surface area contributed by atoms with E-state index in [-0.39, 0.29) is 0 Å². The summed E-state index contributed by atoms with van der Waals surface area (Å²) in [5.74, 6) is 1.46. The van der Waals surface area contributed by atoms with Crippen LogP contribution in [0.2, 0.25) is 0 Å². The molecule has 0 aliphatic carbocycles. The van der Waals surface area contributed by atoms with E-state index in [1.807, 2.05) is 24.3 Å². The molecule has 1 aliphatic rings. The molecule has 0 radical (unpaired) electrons. The minimum Gasteiger partial charge on any atom is -0.468 e. The molecule has 0 amide bonds. The predicted molar refractivity (Wildman–Crippen MR) is 71.6 cm³/mol. The lowest BCUT2D eigenvalue weighted by Gasteiger charge is -2.02. The molecule has 1 aromatic heterocycles. The van der Waals surface area contributed by atoms with Crippen LogP contribution in [0.4, 0.5) is 0 Å². The molecule has 1 aliphatic heterocycles. The molecule has 0 saturated heterocycles. The third-order valence-corrected chi connectivity index (χ3v) is 5.41. The molecule has 18 heavy (non-hydrogen) atoms. The van der Waals surface area contributed by atoms with Gasteiger partial charge in [-0.1, -0.05) is 18.2 Å². The summed E-state index contributed by atoms with van der Waals surface area (Å²) in [6.45, 7) is 0. The number of sulfone groups is 1. The van der Waals surface area contributed by atoms with Gasteiger partial charge in [0.15, 0.2) is 0 Å². The van der Waals surface area contributed by atoms with Crippen molar-refractivity contribution in [3.63, 3.8) is 0 Å². The van der Waals surface area contributed by atoms with Gasteiger partial charge in [0.2, 0.25) is 9.84 Å². The Kier molecular flexibility index (Phi) is 2.80. The van der Waals surface area contributed by atoms with Gasteiger partial charge in [0.1, 0.15) is 5.76 Å². The van der Waals surface area contributed by atoms with Crippen LogP contribution in [0.1, 0.15) is 11.3 Å². The largest absolute Gasteiger partial charge is 0.468 e. The van der Waals surface area contributed by atoms with Gasteiger partial charge in [-0.2, -0.15) is 0 Å². The standard InChI is InChI=1S/C13H10O3S2/c14-18(15)9-12(11-5-1-2-6-13(11)18)17-8-10-4-3-7-16-10/h1-7,9H,8H2. The molecule has 3 rings (SSSR count). The molecule has 5 heteroatoms. The number of hydrogen-bond donors (Lipinski definition) is 0. The molecule has 1 aromatic carbocycles. The van der Waals surface area contributed by atoms with E-state index < -0.39 is 9.84 Å². The number of thioether (sulfide) groups is 1. The van der Waals surface area contributed by atoms with Crippen LogP contribution in [-0.2, 0) is 15.6 Å². The fraction of sp³-hybridized carbons (Fsp3) is 0.0769. The van der Waals surface area contributed by atoms with E-state index in [1.54, 1.807) is 18.4 Å². The quantitative estimate of drug-likeness (QED) is 0.864. The van der Waals surface area contributed by atoms with Crippen LogP contribution < -0.4 is 0 Å². The van der Waals surface area contributed by atoms with Crippen molar-refractivity contribution >= 4 is 26.5 Å². The summed E-state index contributed by atoms with van der Waals surface area (Å²) in [5, 5.41) is 1.34. The van der Waals surface area contributed by atoms with Gasteiger partial charge in [0.05, 0.1) is 16.9 Å². The van der Waals surface area contributed by atoms with Crippen molar-refractivity contribution < 1.29 is 12.8 Å². The maximum Gasteiger partial charge on any atom is 0.201 e. The molecule has 3 nitrogen and oxygen atoms in total. The first-order chi connectivity index (χ1) is 8.67. The van der Waals surface area contributed by atoms with Gasteiger partial charge < -0.3 is 4.42 Å². The topological polar surface area (TPSA) is 47.3 Å². The molecule has 92 valence electrons. The van der Waals surface area contributed by atoms with Crippen LogP contribution in [0.3, 0.4) is 0 Å².